The van der Waals surface area contributed by atoms with Gasteiger partial charge in [0, 0.05) is 65.0 Å². The fourth-order valence-electron chi connectivity index (χ4n) is 5.01. The number of rotatable bonds is 4. The van der Waals surface area contributed by atoms with E-state index >= 15 is 0 Å². The molecule has 0 bridgehead atoms. The van der Waals surface area contributed by atoms with Crippen LogP contribution >= 0.6 is 24.0 Å². The normalized spacial score (nSPS) is 29.0. The lowest BCUT2D eigenvalue weighted by Gasteiger charge is -2.46. The highest BCUT2D eigenvalue weighted by atomic mass is 127. The maximum atomic E-state index is 12.6. The van der Waals surface area contributed by atoms with Crippen LogP contribution in [0.2, 0.25) is 0 Å². The molecule has 7 nitrogen and oxygen atoms in total. The van der Waals surface area contributed by atoms with Crippen LogP contribution in [-0.4, -0.2) is 97.7 Å². The summed E-state index contributed by atoms with van der Waals surface area (Å²) < 4.78 is 5.57. The molecule has 0 radical (unpaired) electrons. The molecule has 3 aliphatic heterocycles. The lowest BCUT2D eigenvalue weighted by Crippen LogP contribution is -2.59. The van der Waals surface area contributed by atoms with Gasteiger partial charge in [0.25, 0.3) is 5.91 Å². The Morgan fingerprint density at radius 3 is 2.23 bits per heavy atom. The molecule has 3 heterocycles. The Bertz CT molecular complexity index is 576. The van der Waals surface area contributed by atoms with E-state index in [1.54, 1.807) is 0 Å². The molecule has 3 saturated heterocycles. The van der Waals surface area contributed by atoms with E-state index in [0.29, 0.717) is 0 Å². The number of hydrogen-bond donors (Lipinski definition) is 1. The average Bonchev–Trinajstić information content (AvgIpc) is 3.22. The van der Waals surface area contributed by atoms with Crippen LogP contribution in [-0.2, 0) is 9.53 Å². The number of likely N-dealkylation sites (tertiary alicyclic amines) is 1. The molecule has 0 aromatic heterocycles. The van der Waals surface area contributed by atoms with Crippen LogP contribution in [0.4, 0.5) is 0 Å². The number of nitrogens with zero attached hydrogens (tertiary/aromatic N) is 4. The zero-order valence-corrected chi connectivity index (χ0v) is 21.9. The van der Waals surface area contributed by atoms with Crippen molar-refractivity contribution in [1.29, 1.82) is 0 Å². The standard InChI is InChI=1S/C22H41N5O2.HI/c1-17-13-18(2)15-27(14-17)22(3,4)16-24-21(23-5)26-10-8-25(9-11-26)20(28)19-7-6-12-29-19;/h17-19H,6-16H2,1-5H3,(H,23,24);1H. The Hall–Kier alpha value is -0.610. The maximum absolute atomic E-state index is 12.6. The predicted octanol–water partition coefficient (Wildman–Crippen LogP) is 2.26. The molecule has 3 aliphatic rings. The molecule has 1 amide bonds. The van der Waals surface area contributed by atoms with Gasteiger partial charge >= 0.3 is 0 Å². The minimum Gasteiger partial charge on any atom is -0.368 e. The number of piperidine rings is 1. The predicted molar refractivity (Wildman–Crippen MR) is 133 cm³/mol. The number of amides is 1. The van der Waals surface area contributed by atoms with Crippen molar-refractivity contribution in [2.75, 3.05) is 59.5 Å². The van der Waals surface area contributed by atoms with Gasteiger partial charge in [-0.3, -0.25) is 14.7 Å². The molecule has 0 spiro atoms. The second kappa shape index (κ2) is 11.3. The van der Waals surface area contributed by atoms with E-state index in [-0.39, 0.29) is 41.5 Å². The van der Waals surface area contributed by atoms with E-state index in [0.717, 1.165) is 70.0 Å². The number of hydrogen-bond acceptors (Lipinski definition) is 4. The molecule has 0 aromatic rings. The summed E-state index contributed by atoms with van der Waals surface area (Å²) in [6.07, 6.45) is 2.98. The minimum atomic E-state index is -0.214. The number of carbonyl (C=O) groups is 1. The van der Waals surface area contributed by atoms with Gasteiger partial charge in [-0.15, -0.1) is 24.0 Å². The highest BCUT2D eigenvalue weighted by Gasteiger charge is 2.34. The van der Waals surface area contributed by atoms with E-state index in [1.165, 1.54) is 19.5 Å². The third kappa shape index (κ3) is 6.45. The summed E-state index contributed by atoms with van der Waals surface area (Å²) in [5, 5.41) is 3.61. The molecule has 0 aliphatic carbocycles. The van der Waals surface area contributed by atoms with E-state index in [2.05, 4.69) is 47.8 Å². The Morgan fingerprint density at radius 2 is 1.70 bits per heavy atom. The van der Waals surface area contributed by atoms with Crippen molar-refractivity contribution in [2.45, 2.75) is 58.6 Å². The molecule has 1 N–H and O–H groups in total. The van der Waals surface area contributed by atoms with E-state index in [4.69, 9.17) is 4.74 Å². The lowest BCUT2D eigenvalue weighted by atomic mass is 9.88. The molecule has 8 heteroatoms. The molecule has 0 aromatic carbocycles. The highest BCUT2D eigenvalue weighted by molar-refractivity contribution is 14.0. The number of aliphatic imine (C=N–C) groups is 1. The Morgan fingerprint density at radius 1 is 1.10 bits per heavy atom. The number of guanidine groups is 1. The van der Waals surface area contributed by atoms with Crippen molar-refractivity contribution < 1.29 is 9.53 Å². The topological polar surface area (TPSA) is 60.4 Å². The molecule has 0 saturated carbocycles. The van der Waals surface area contributed by atoms with Gasteiger partial charge in [0.05, 0.1) is 0 Å². The second-order valence-electron chi connectivity index (χ2n) is 9.88. The van der Waals surface area contributed by atoms with Gasteiger partial charge < -0.3 is 19.9 Å². The minimum absolute atomic E-state index is 0. The average molecular weight is 536 g/mol. The van der Waals surface area contributed by atoms with Crippen LogP contribution in [0.3, 0.4) is 0 Å². The summed E-state index contributed by atoms with van der Waals surface area (Å²) in [6, 6.07) is 0. The van der Waals surface area contributed by atoms with Crippen molar-refractivity contribution in [3.63, 3.8) is 0 Å². The van der Waals surface area contributed by atoms with Crippen LogP contribution in [0, 0.1) is 11.8 Å². The zero-order chi connectivity index (χ0) is 21.0. The van der Waals surface area contributed by atoms with Gasteiger partial charge in [0.2, 0.25) is 0 Å². The van der Waals surface area contributed by atoms with Crippen LogP contribution in [0.15, 0.2) is 4.99 Å². The third-order valence-electron chi connectivity index (χ3n) is 6.71. The smallest absolute Gasteiger partial charge is 0.251 e. The summed E-state index contributed by atoms with van der Waals surface area (Å²) in [5.41, 5.74) is 0.0798. The summed E-state index contributed by atoms with van der Waals surface area (Å²) in [4.78, 5) is 23.9. The highest BCUT2D eigenvalue weighted by Crippen LogP contribution is 2.27. The molecule has 3 rings (SSSR count). The van der Waals surface area contributed by atoms with Gasteiger partial charge in [-0.05, 0) is 44.9 Å². The van der Waals surface area contributed by atoms with Crippen LogP contribution in [0.1, 0.15) is 47.0 Å². The van der Waals surface area contributed by atoms with Crippen LogP contribution in [0.5, 0.6) is 0 Å². The maximum Gasteiger partial charge on any atom is 0.251 e. The van der Waals surface area contributed by atoms with Gasteiger partial charge in [-0.2, -0.15) is 0 Å². The number of carbonyl (C=O) groups excluding carboxylic acids is 1. The molecular weight excluding hydrogens is 493 g/mol. The summed E-state index contributed by atoms with van der Waals surface area (Å²) >= 11 is 0. The van der Waals surface area contributed by atoms with E-state index < -0.39 is 0 Å². The molecule has 30 heavy (non-hydrogen) atoms. The van der Waals surface area contributed by atoms with Gasteiger partial charge in [-0.1, -0.05) is 13.8 Å². The molecule has 174 valence electrons. The first-order chi connectivity index (χ1) is 13.8. The fourth-order valence-corrected chi connectivity index (χ4v) is 5.01. The quantitative estimate of drug-likeness (QED) is 0.340. The number of nitrogens with one attached hydrogen (secondary N) is 1. The van der Waals surface area contributed by atoms with Gasteiger partial charge in [0.1, 0.15) is 6.10 Å². The van der Waals surface area contributed by atoms with Gasteiger partial charge in [-0.25, -0.2) is 0 Å². The van der Waals surface area contributed by atoms with Gasteiger partial charge in [0.15, 0.2) is 5.96 Å². The molecule has 3 atom stereocenters. The zero-order valence-electron chi connectivity index (χ0n) is 19.5. The van der Waals surface area contributed by atoms with Crippen molar-refractivity contribution >= 4 is 35.8 Å². The molecular formula is C22H42IN5O2. The SMILES string of the molecule is CN=C(NCC(C)(C)N1CC(C)CC(C)C1)N1CCN(C(=O)C2CCCO2)CC1.I. The Kier molecular flexibility index (Phi) is 9.67. The third-order valence-corrected chi connectivity index (χ3v) is 6.71. The lowest BCUT2D eigenvalue weighted by molar-refractivity contribution is -0.142. The summed E-state index contributed by atoms with van der Waals surface area (Å²) in [7, 11) is 1.85. The molecule has 3 unspecified atom stereocenters. The van der Waals surface area contributed by atoms with Crippen molar-refractivity contribution in [2.24, 2.45) is 16.8 Å². The van der Waals surface area contributed by atoms with Crippen molar-refractivity contribution in [3.05, 3.63) is 0 Å². The Labute approximate surface area is 200 Å². The summed E-state index contributed by atoms with van der Waals surface area (Å²) in [6.45, 7) is 16.4. The first kappa shape index (κ1) is 25.6. The monoisotopic (exact) mass is 535 g/mol. The van der Waals surface area contributed by atoms with E-state index in [9.17, 15) is 4.79 Å². The van der Waals surface area contributed by atoms with Crippen molar-refractivity contribution in [1.82, 2.24) is 20.0 Å². The van der Waals surface area contributed by atoms with Crippen LogP contribution < -0.4 is 5.32 Å². The number of halogens is 1. The summed E-state index contributed by atoms with van der Waals surface area (Å²) in [5.74, 6) is 2.62. The Balaban J connectivity index is 0.00000320. The van der Waals surface area contributed by atoms with Crippen LogP contribution in [0.25, 0.3) is 0 Å². The number of piperazine rings is 1. The van der Waals surface area contributed by atoms with E-state index in [1.807, 2.05) is 11.9 Å². The fraction of sp³-hybridized carbons (Fsp3) is 0.909. The second-order valence-corrected chi connectivity index (χ2v) is 9.88. The first-order valence-electron chi connectivity index (χ1n) is 11.4. The largest absolute Gasteiger partial charge is 0.368 e. The number of ether oxygens (including phenoxy) is 1. The molecule has 3 fully saturated rings. The first-order valence-corrected chi connectivity index (χ1v) is 11.4. The van der Waals surface area contributed by atoms with Crippen molar-refractivity contribution in [3.8, 4) is 0 Å².